The molecule has 0 aliphatic rings. The summed E-state index contributed by atoms with van der Waals surface area (Å²) in [4.78, 5) is 0. The van der Waals surface area contributed by atoms with Gasteiger partial charge in [-0.25, -0.2) is 0 Å². The minimum absolute atomic E-state index is 0.377. The zero-order valence-corrected chi connectivity index (χ0v) is 7.95. The van der Waals surface area contributed by atoms with Crippen molar-refractivity contribution in [3.05, 3.63) is 0 Å². The van der Waals surface area contributed by atoms with E-state index in [1.54, 1.807) is 7.05 Å². The minimum Gasteiger partial charge on any atom is -0.385 e. The van der Waals surface area contributed by atoms with E-state index in [9.17, 15) is 13.2 Å². The van der Waals surface area contributed by atoms with Crippen LogP contribution in [0.25, 0.3) is 0 Å². The fourth-order valence-corrected chi connectivity index (χ4v) is 1.18. The molecule has 0 aromatic heterocycles. The molecule has 0 bridgehead atoms. The summed E-state index contributed by atoms with van der Waals surface area (Å²) >= 11 is 0. The molecule has 0 aliphatic heterocycles. The molecule has 0 spiro atoms. The maximum atomic E-state index is 12.0. The van der Waals surface area contributed by atoms with Crippen molar-refractivity contribution in [2.75, 3.05) is 27.3 Å². The number of hydrogen-bond donors (Lipinski definition) is 1. The lowest BCUT2D eigenvalue weighted by molar-refractivity contribution is -0.145. The fraction of sp³-hybridized carbons (Fsp3) is 1.00. The number of rotatable bonds is 6. The second-order valence-electron chi connectivity index (χ2n) is 3.02. The van der Waals surface area contributed by atoms with Crippen LogP contribution in [0.3, 0.4) is 0 Å². The Morgan fingerprint density at radius 3 is 2.38 bits per heavy atom. The van der Waals surface area contributed by atoms with Gasteiger partial charge in [-0.15, -0.1) is 0 Å². The topological polar surface area (TPSA) is 21.3 Å². The maximum Gasteiger partial charge on any atom is 0.389 e. The van der Waals surface area contributed by atoms with Crippen molar-refractivity contribution < 1.29 is 17.9 Å². The second-order valence-corrected chi connectivity index (χ2v) is 3.02. The van der Waals surface area contributed by atoms with Crippen LogP contribution in [0.4, 0.5) is 13.2 Å². The zero-order chi connectivity index (χ0) is 10.3. The Morgan fingerprint density at radius 2 is 2.00 bits per heavy atom. The van der Waals surface area contributed by atoms with Gasteiger partial charge in [0.1, 0.15) is 0 Å². The van der Waals surface area contributed by atoms with Gasteiger partial charge in [0.2, 0.25) is 0 Å². The van der Waals surface area contributed by atoms with Gasteiger partial charge in [0.05, 0.1) is 0 Å². The Morgan fingerprint density at radius 1 is 1.38 bits per heavy atom. The van der Waals surface area contributed by atoms with Crippen molar-refractivity contribution in [1.82, 2.24) is 5.32 Å². The van der Waals surface area contributed by atoms with Gasteiger partial charge < -0.3 is 10.1 Å². The van der Waals surface area contributed by atoms with E-state index in [4.69, 9.17) is 4.74 Å². The third kappa shape index (κ3) is 8.05. The highest BCUT2D eigenvalue weighted by atomic mass is 19.4. The first-order valence-electron chi connectivity index (χ1n) is 4.20. The first-order chi connectivity index (χ1) is 5.99. The van der Waals surface area contributed by atoms with E-state index < -0.39 is 12.6 Å². The van der Waals surface area contributed by atoms with Crippen molar-refractivity contribution >= 4 is 0 Å². The molecule has 0 rings (SSSR count). The average molecular weight is 199 g/mol. The van der Waals surface area contributed by atoms with E-state index in [1.165, 1.54) is 7.11 Å². The van der Waals surface area contributed by atoms with Gasteiger partial charge in [-0.05, 0) is 25.9 Å². The molecule has 13 heavy (non-hydrogen) atoms. The molecule has 0 saturated carbocycles. The number of halogens is 3. The summed E-state index contributed by atoms with van der Waals surface area (Å²) in [7, 11) is 3.14. The van der Waals surface area contributed by atoms with Crippen LogP contribution in [0.1, 0.15) is 12.8 Å². The quantitative estimate of drug-likeness (QED) is 0.704. The van der Waals surface area contributed by atoms with Gasteiger partial charge in [-0.3, -0.25) is 0 Å². The third-order valence-corrected chi connectivity index (χ3v) is 1.74. The van der Waals surface area contributed by atoms with Gasteiger partial charge in [-0.1, -0.05) is 0 Å². The van der Waals surface area contributed by atoms with Crippen LogP contribution in [-0.2, 0) is 4.74 Å². The highest BCUT2D eigenvalue weighted by Gasteiger charge is 2.31. The monoisotopic (exact) mass is 199 g/mol. The Hall–Kier alpha value is -0.290. The van der Waals surface area contributed by atoms with Crippen LogP contribution in [0.15, 0.2) is 0 Å². The van der Waals surface area contributed by atoms with E-state index in [2.05, 4.69) is 5.32 Å². The number of hydrogen-bond acceptors (Lipinski definition) is 2. The zero-order valence-electron chi connectivity index (χ0n) is 7.95. The maximum absolute atomic E-state index is 12.0. The lowest BCUT2D eigenvalue weighted by Gasteiger charge is -2.17. The molecule has 0 aliphatic carbocycles. The summed E-state index contributed by atoms with van der Waals surface area (Å²) in [5.74, 6) is -0.384. The molecule has 2 nitrogen and oxygen atoms in total. The molecule has 1 unspecified atom stereocenters. The van der Waals surface area contributed by atoms with E-state index in [1.807, 2.05) is 0 Å². The van der Waals surface area contributed by atoms with Crippen LogP contribution >= 0.6 is 0 Å². The molecular weight excluding hydrogens is 183 g/mol. The SMILES string of the molecule is CNCC(CCOC)CC(F)(F)F. The molecule has 1 atom stereocenters. The minimum atomic E-state index is -4.07. The van der Waals surface area contributed by atoms with Crippen LogP contribution in [0, 0.1) is 5.92 Å². The van der Waals surface area contributed by atoms with Gasteiger partial charge in [-0.2, -0.15) is 13.2 Å². The smallest absolute Gasteiger partial charge is 0.385 e. The Bertz CT molecular complexity index is 127. The molecule has 0 radical (unpaired) electrons. The van der Waals surface area contributed by atoms with Gasteiger partial charge in [0.25, 0.3) is 0 Å². The summed E-state index contributed by atoms with van der Waals surface area (Å²) in [6.07, 6.45) is -4.37. The molecule has 1 N–H and O–H groups in total. The number of nitrogens with one attached hydrogen (secondary N) is 1. The molecule has 0 aromatic carbocycles. The number of ether oxygens (including phenoxy) is 1. The molecule has 0 fully saturated rings. The molecule has 0 amide bonds. The van der Waals surface area contributed by atoms with E-state index in [0.29, 0.717) is 19.6 Å². The number of alkyl halides is 3. The number of methoxy groups -OCH3 is 1. The van der Waals surface area contributed by atoms with Crippen molar-refractivity contribution in [3.63, 3.8) is 0 Å². The van der Waals surface area contributed by atoms with Gasteiger partial charge >= 0.3 is 6.18 Å². The average Bonchev–Trinajstić information content (AvgIpc) is 1.98. The second kappa shape index (κ2) is 6.21. The summed E-state index contributed by atoms with van der Waals surface area (Å²) in [6.45, 7) is 0.755. The lowest BCUT2D eigenvalue weighted by Crippen LogP contribution is -2.25. The standard InChI is InChI=1S/C8H16F3NO/c1-12-6-7(3-4-13-2)5-8(9,10)11/h7,12H,3-6H2,1-2H3. The molecule has 5 heteroatoms. The van der Waals surface area contributed by atoms with Crippen LogP contribution in [-0.4, -0.2) is 33.5 Å². The third-order valence-electron chi connectivity index (χ3n) is 1.74. The fourth-order valence-electron chi connectivity index (χ4n) is 1.18. The van der Waals surface area contributed by atoms with E-state index in [0.717, 1.165) is 0 Å². The molecular formula is C8H16F3NO. The Balaban J connectivity index is 3.79. The Labute approximate surface area is 76.5 Å². The summed E-state index contributed by atoms with van der Waals surface area (Å²) in [5.41, 5.74) is 0. The van der Waals surface area contributed by atoms with Crippen LogP contribution in [0.5, 0.6) is 0 Å². The van der Waals surface area contributed by atoms with Crippen molar-refractivity contribution in [2.24, 2.45) is 5.92 Å². The summed E-state index contributed by atoms with van der Waals surface area (Å²) in [5, 5.41) is 2.74. The predicted octanol–water partition coefficient (Wildman–Crippen LogP) is 1.81. The summed E-state index contributed by atoms with van der Waals surface area (Å²) in [6, 6.07) is 0. The molecule has 0 aromatic rings. The molecule has 0 saturated heterocycles. The van der Waals surface area contributed by atoms with Gasteiger partial charge in [0.15, 0.2) is 0 Å². The normalized spacial score (nSPS) is 14.5. The van der Waals surface area contributed by atoms with Crippen LogP contribution < -0.4 is 5.32 Å². The van der Waals surface area contributed by atoms with Gasteiger partial charge in [0, 0.05) is 20.1 Å². The summed E-state index contributed by atoms with van der Waals surface area (Å²) < 4.78 is 40.7. The van der Waals surface area contributed by atoms with Crippen molar-refractivity contribution in [3.8, 4) is 0 Å². The first kappa shape index (κ1) is 12.7. The van der Waals surface area contributed by atoms with Crippen molar-refractivity contribution in [2.45, 2.75) is 19.0 Å². The Kier molecular flexibility index (Phi) is 6.07. The molecule has 0 heterocycles. The first-order valence-corrected chi connectivity index (χ1v) is 4.20. The highest BCUT2D eigenvalue weighted by molar-refractivity contribution is 4.65. The van der Waals surface area contributed by atoms with E-state index in [-0.39, 0.29) is 5.92 Å². The lowest BCUT2D eigenvalue weighted by atomic mass is 10.0. The molecule has 80 valence electrons. The van der Waals surface area contributed by atoms with Crippen LogP contribution in [0.2, 0.25) is 0 Å². The largest absolute Gasteiger partial charge is 0.389 e. The highest BCUT2D eigenvalue weighted by Crippen LogP contribution is 2.26. The van der Waals surface area contributed by atoms with E-state index >= 15 is 0 Å². The predicted molar refractivity (Wildman–Crippen MR) is 44.6 cm³/mol. The van der Waals surface area contributed by atoms with Crippen molar-refractivity contribution in [1.29, 1.82) is 0 Å².